The van der Waals surface area contributed by atoms with E-state index in [4.69, 9.17) is 9.47 Å². The molecule has 34 heavy (non-hydrogen) atoms. The second-order valence-corrected chi connectivity index (χ2v) is 9.68. The van der Waals surface area contributed by atoms with Gasteiger partial charge in [-0.25, -0.2) is 8.42 Å². The van der Waals surface area contributed by atoms with Crippen molar-refractivity contribution in [3.05, 3.63) is 77.9 Å². The standard InChI is InChI=1S/C26H28N2O5S/c1-3-32-24-15-12-20(18-25(24)33-4-2)26(29)27-21-13-14-23-19(17-21)9-8-16-28(23)34(30,31)22-10-6-5-7-11-22/h5-7,10-15,17-18H,3-4,8-9,16H2,1-2H3,(H,27,29). The molecule has 1 heterocycles. The predicted molar refractivity (Wildman–Crippen MR) is 132 cm³/mol. The van der Waals surface area contributed by atoms with Crippen LogP contribution in [0.4, 0.5) is 11.4 Å². The topological polar surface area (TPSA) is 84.9 Å². The van der Waals surface area contributed by atoms with Gasteiger partial charge >= 0.3 is 0 Å². The molecular formula is C26H28N2O5S. The van der Waals surface area contributed by atoms with Gasteiger partial charge in [0, 0.05) is 17.8 Å². The molecule has 0 unspecified atom stereocenters. The lowest BCUT2D eigenvalue weighted by Gasteiger charge is -2.31. The summed E-state index contributed by atoms with van der Waals surface area (Å²) >= 11 is 0. The highest BCUT2D eigenvalue weighted by atomic mass is 32.2. The molecule has 4 rings (SSSR count). The molecule has 3 aromatic carbocycles. The molecule has 0 radical (unpaired) electrons. The highest BCUT2D eigenvalue weighted by molar-refractivity contribution is 7.92. The molecule has 0 aromatic heterocycles. The van der Waals surface area contributed by atoms with Crippen LogP contribution in [0.1, 0.15) is 36.2 Å². The van der Waals surface area contributed by atoms with Gasteiger partial charge in [-0.05, 0) is 80.8 Å². The fourth-order valence-corrected chi connectivity index (χ4v) is 5.57. The zero-order valence-corrected chi connectivity index (χ0v) is 20.1. The molecule has 1 aliphatic rings. The first kappa shape index (κ1) is 23.6. The minimum absolute atomic E-state index is 0.265. The van der Waals surface area contributed by atoms with Crippen molar-refractivity contribution in [1.82, 2.24) is 0 Å². The van der Waals surface area contributed by atoms with E-state index in [9.17, 15) is 13.2 Å². The molecule has 0 saturated heterocycles. The van der Waals surface area contributed by atoms with Crippen LogP contribution in [-0.2, 0) is 16.4 Å². The molecule has 0 spiro atoms. The molecule has 0 aliphatic carbocycles. The van der Waals surface area contributed by atoms with Crippen LogP contribution in [0.2, 0.25) is 0 Å². The number of fused-ring (bicyclic) bond motifs is 1. The summed E-state index contributed by atoms with van der Waals surface area (Å²) in [5.41, 5.74) is 2.57. The van der Waals surface area contributed by atoms with Crippen LogP contribution in [0.25, 0.3) is 0 Å². The Labute approximate surface area is 200 Å². The van der Waals surface area contributed by atoms with Gasteiger partial charge in [0.2, 0.25) is 0 Å². The first-order chi connectivity index (χ1) is 16.4. The van der Waals surface area contributed by atoms with Crippen LogP contribution in [0.15, 0.2) is 71.6 Å². The van der Waals surface area contributed by atoms with Crippen molar-refractivity contribution in [3.63, 3.8) is 0 Å². The van der Waals surface area contributed by atoms with Gasteiger partial charge < -0.3 is 14.8 Å². The lowest BCUT2D eigenvalue weighted by atomic mass is 10.0. The highest BCUT2D eigenvalue weighted by Crippen LogP contribution is 2.34. The SMILES string of the molecule is CCOc1ccc(C(=O)Nc2ccc3c(c2)CCCN3S(=O)(=O)c2ccccc2)cc1OCC. The zero-order valence-electron chi connectivity index (χ0n) is 19.3. The number of hydrogen-bond donors (Lipinski definition) is 1. The fourth-order valence-electron chi connectivity index (χ4n) is 4.01. The number of nitrogens with zero attached hydrogens (tertiary/aromatic N) is 1. The first-order valence-corrected chi connectivity index (χ1v) is 12.8. The molecule has 7 nitrogen and oxygen atoms in total. The van der Waals surface area contributed by atoms with Gasteiger partial charge in [-0.3, -0.25) is 9.10 Å². The maximum atomic E-state index is 13.2. The summed E-state index contributed by atoms with van der Waals surface area (Å²) in [4.78, 5) is 13.2. The molecule has 0 saturated carbocycles. The summed E-state index contributed by atoms with van der Waals surface area (Å²) in [7, 11) is -3.65. The van der Waals surface area contributed by atoms with E-state index in [1.54, 1.807) is 60.7 Å². The number of benzene rings is 3. The van der Waals surface area contributed by atoms with Gasteiger partial charge in [0.1, 0.15) is 0 Å². The van der Waals surface area contributed by atoms with Gasteiger partial charge in [-0.2, -0.15) is 0 Å². The molecule has 0 atom stereocenters. The van der Waals surface area contributed by atoms with E-state index in [1.807, 2.05) is 19.9 Å². The number of carbonyl (C=O) groups excluding carboxylic acids is 1. The van der Waals surface area contributed by atoms with E-state index in [0.717, 1.165) is 12.0 Å². The van der Waals surface area contributed by atoms with Crippen molar-refractivity contribution in [1.29, 1.82) is 0 Å². The third-order valence-electron chi connectivity index (χ3n) is 5.55. The van der Waals surface area contributed by atoms with Gasteiger partial charge in [-0.1, -0.05) is 18.2 Å². The van der Waals surface area contributed by atoms with E-state index in [-0.39, 0.29) is 10.8 Å². The Balaban J connectivity index is 1.57. The second-order valence-electron chi connectivity index (χ2n) is 7.82. The normalized spacial score (nSPS) is 13.2. The van der Waals surface area contributed by atoms with Crippen molar-refractivity contribution >= 4 is 27.3 Å². The van der Waals surface area contributed by atoms with Crippen LogP contribution in [0.5, 0.6) is 11.5 Å². The van der Waals surface area contributed by atoms with E-state index in [0.29, 0.717) is 54.6 Å². The van der Waals surface area contributed by atoms with E-state index in [1.165, 1.54) is 4.31 Å². The van der Waals surface area contributed by atoms with Gasteiger partial charge in [-0.15, -0.1) is 0 Å². The average molecular weight is 481 g/mol. The minimum Gasteiger partial charge on any atom is -0.490 e. The Kier molecular flexibility index (Phi) is 7.07. The average Bonchev–Trinajstić information content (AvgIpc) is 2.85. The largest absolute Gasteiger partial charge is 0.490 e. The number of hydrogen-bond acceptors (Lipinski definition) is 5. The quantitative estimate of drug-likeness (QED) is 0.497. The molecule has 1 aliphatic heterocycles. The smallest absolute Gasteiger partial charge is 0.264 e. The van der Waals surface area contributed by atoms with Crippen molar-refractivity contribution in [2.45, 2.75) is 31.6 Å². The number of amides is 1. The fraction of sp³-hybridized carbons (Fsp3) is 0.269. The lowest BCUT2D eigenvalue weighted by Crippen LogP contribution is -2.35. The summed E-state index contributed by atoms with van der Waals surface area (Å²) in [6.45, 7) is 5.13. The van der Waals surface area contributed by atoms with Gasteiger partial charge in [0.15, 0.2) is 11.5 Å². The molecule has 8 heteroatoms. The predicted octanol–water partition coefficient (Wildman–Crippen LogP) is 4.88. The molecular weight excluding hydrogens is 452 g/mol. The van der Waals surface area contributed by atoms with Crippen molar-refractivity contribution in [2.75, 3.05) is 29.4 Å². The third kappa shape index (κ3) is 4.87. The Morgan fingerprint density at radius 1 is 0.941 bits per heavy atom. The summed E-state index contributed by atoms with van der Waals surface area (Å²) < 4.78 is 39.0. The number of anilines is 2. The van der Waals surface area contributed by atoms with Crippen LogP contribution < -0.4 is 19.1 Å². The van der Waals surface area contributed by atoms with Crippen LogP contribution in [0, 0.1) is 0 Å². The molecule has 0 bridgehead atoms. The molecule has 1 N–H and O–H groups in total. The molecule has 1 amide bonds. The first-order valence-electron chi connectivity index (χ1n) is 11.4. The number of ether oxygens (including phenoxy) is 2. The van der Waals surface area contributed by atoms with E-state index in [2.05, 4.69) is 5.32 Å². The van der Waals surface area contributed by atoms with Gasteiger partial charge in [0.25, 0.3) is 15.9 Å². The zero-order chi connectivity index (χ0) is 24.1. The maximum Gasteiger partial charge on any atom is 0.264 e. The van der Waals surface area contributed by atoms with Crippen LogP contribution in [0.3, 0.4) is 0 Å². The summed E-state index contributed by atoms with van der Waals surface area (Å²) in [5.74, 6) is 0.826. The number of sulfonamides is 1. The Bertz CT molecular complexity index is 1280. The number of nitrogens with one attached hydrogen (secondary N) is 1. The lowest BCUT2D eigenvalue weighted by molar-refractivity contribution is 0.102. The Hall–Kier alpha value is -3.52. The molecule has 3 aromatic rings. The van der Waals surface area contributed by atoms with Crippen molar-refractivity contribution in [3.8, 4) is 11.5 Å². The second kappa shape index (κ2) is 10.2. The number of carbonyl (C=O) groups is 1. The van der Waals surface area contributed by atoms with Crippen LogP contribution in [-0.4, -0.2) is 34.1 Å². The maximum absolute atomic E-state index is 13.2. The third-order valence-corrected chi connectivity index (χ3v) is 7.38. The summed E-state index contributed by atoms with van der Waals surface area (Å²) in [6.07, 6.45) is 1.43. The van der Waals surface area contributed by atoms with E-state index >= 15 is 0 Å². The Morgan fingerprint density at radius 2 is 1.68 bits per heavy atom. The van der Waals surface area contributed by atoms with Crippen molar-refractivity contribution < 1.29 is 22.7 Å². The summed E-state index contributed by atoms with van der Waals surface area (Å²) in [5, 5.41) is 2.91. The van der Waals surface area contributed by atoms with Crippen LogP contribution >= 0.6 is 0 Å². The highest BCUT2D eigenvalue weighted by Gasteiger charge is 2.29. The van der Waals surface area contributed by atoms with Gasteiger partial charge in [0.05, 0.1) is 23.8 Å². The molecule has 0 fully saturated rings. The van der Waals surface area contributed by atoms with Crippen molar-refractivity contribution in [2.24, 2.45) is 0 Å². The molecule has 178 valence electrons. The monoisotopic (exact) mass is 480 g/mol. The van der Waals surface area contributed by atoms with E-state index < -0.39 is 10.0 Å². The number of rotatable bonds is 8. The number of aryl methyl sites for hydroxylation is 1. The Morgan fingerprint density at radius 3 is 2.41 bits per heavy atom. The minimum atomic E-state index is -3.65. The summed E-state index contributed by atoms with van der Waals surface area (Å²) in [6, 6.07) is 18.8.